The largest absolute Gasteiger partial charge is 0.469 e. The lowest BCUT2D eigenvalue weighted by molar-refractivity contribution is -0.140. The minimum atomic E-state index is -3.87. The van der Waals surface area contributed by atoms with Gasteiger partial charge in [-0.05, 0) is 54.2 Å². The second-order valence-corrected chi connectivity index (χ2v) is 10.6. The number of rotatable bonds is 10. The van der Waals surface area contributed by atoms with Gasteiger partial charge in [-0.25, -0.2) is 8.42 Å². The minimum Gasteiger partial charge on any atom is -0.469 e. The molecule has 0 aliphatic carbocycles. The Morgan fingerprint density at radius 3 is 1.89 bits per heavy atom. The lowest BCUT2D eigenvalue weighted by atomic mass is 9.99. The van der Waals surface area contributed by atoms with E-state index in [4.69, 9.17) is 0 Å². The second-order valence-electron chi connectivity index (χ2n) is 8.89. The van der Waals surface area contributed by atoms with Crippen molar-refractivity contribution in [1.82, 2.24) is 9.62 Å². The van der Waals surface area contributed by atoms with Crippen LogP contribution in [0.4, 0.5) is 0 Å². The predicted octanol–water partition coefficient (Wildman–Crippen LogP) is 3.75. The molecule has 0 saturated carbocycles. The standard InChI is InChI=1S/C28H32N2O5S/c1-20-5-16-25(17-6-20)36(33,34)29-26(28(32)30(2)3)19-22-9-14-24(15-10-22)23-12-7-21(8-13-23)11-18-27(31)35-4/h5-10,12-17,26,29H,11,18-19H2,1-4H3/t26-/m0/s1. The Labute approximate surface area is 213 Å². The maximum atomic E-state index is 12.9. The van der Waals surface area contributed by atoms with Gasteiger partial charge in [-0.15, -0.1) is 0 Å². The normalized spacial score (nSPS) is 12.1. The van der Waals surface area contributed by atoms with Crippen molar-refractivity contribution in [3.05, 3.63) is 89.5 Å². The number of hydrogen-bond donors (Lipinski definition) is 1. The van der Waals surface area contributed by atoms with Crippen LogP contribution >= 0.6 is 0 Å². The van der Waals surface area contributed by atoms with Gasteiger partial charge >= 0.3 is 5.97 Å². The number of nitrogens with zero attached hydrogens (tertiary/aromatic N) is 1. The molecule has 3 rings (SSSR count). The number of ether oxygens (including phenoxy) is 1. The van der Waals surface area contributed by atoms with E-state index in [9.17, 15) is 18.0 Å². The van der Waals surface area contributed by atoms with Gasteiger partial charge < -0.3 is 9.64 Å². The average Bonchev–Trinajstić information content (AvgIpc) is 2.87. The van der Waals surface area contributed by atoms with Gasteiger partial charge in [-0.3, -0.25) is 9.59 Å². The summed E-state index contributed by atoms with van der Waals surface area (Å²) >= 11 is 0. The first-order chi connectivity index (χ1) is 17.1. The van der Waals surface area contributed by atoms with Crippen molar-refractivity contribution < 1.29 is 22.7 Å². The van der Waals surface area contributed by atoms with Crippen LogP contribution < -0.4 is 4.72 Å². The molecule has 1 N–H and O–H groups in total. The molecule has 0 aliphatic heterocycles. The van der Waals surface area contributed by atoms with Gasteiger partial charge in [0.1, 0.15) is 6.04 Å². The summed E-state index contributed by atoms with van der Waals surface area (Å²) in [6.07, 6.45) is 1.17. The molecular weight excluding hydrogens is 476 g/mol. The fourth-order valence-electron chi connectivity index (χ4n) is 3.75. The molecule has 7 nitrogen and oxygen atoms in total. The monoisotopic (exact) mass is 508 g/mol. The summed E-state index contributed by atoms with van der Waals surface area (Å²) in [7, 11) is 0.722. The number of methoxy groups -OCH3 is 1. The van der Waals surface area contributed by atoms with E-state index < -0.39 is 16.1 Å². The third kappa shape index (κ3) is 7.26. The zero-order valence-corrected chi connectivity index (χ0v) is 21.8. The number of amides is 1. The molecule has 0 radical (unpaired) electrons. The molecule has 3 aromatic rings. The molecule has 1 atom stereocenters. The first-order valence-electron chi connectivity index (χ1n) is 11.6. The lowest BCUT2D eigenvalue weighted by Gasteiger charge is -2.22. The highest BCUT2D eigenvalue weighted by molar-refractivity contribution is 7.89. The van der Waals surface area contributed by atoms with Crippen molar-refractivity contribution in [3.63, 3.8) is 0 Å². The summed E-state index contributed by atoms with van der Waals surface area (Å²) in [6.45, 7) is 1.88. The van der Waals surface area contributed by atoms with E-state index in [1.165, 1.54) is 24.1 Å². The number of likely N-dealkylation sites (N-methyl/N-ethyl adjacent to an activating group) is 1. The van der Waals surface area contributed by atoms with Crippen LogP contribution in [0, 0.1) is 6.92 Å². The fourth-order valence-corrected chi connectivity index (χ4v) is 4.93. The molecule has 0 bridgehead atoms. The van der Waals surface area contributed by atoms with Crippen molar-refractivity contribution in [2.75, 3.05) is 21.2 Å². The van der Waals surface area contributed by atoms with Crippen molar-refractivity contribution in [2.24, 2.45) is 0 Å². The Morgan fingerprint density at radius 2 is 1.39 bits per heavy atom. The van der Waals surface area contributed by atoms with Crippen LogP contribution in [0.15, 0.2) is 77.7 Å². The Hall–Kier alpha value is -3.49. The van der Waals surface area contributed by atoms with Gasteiger partial charge in [-0.1, -0.05) is 66.2 Å². The molecule has 0 saturated heterocycles. The summed E-state index contributed by atoms with van der Waals surface area (Å²) in [6, 6.07) is 21.2. The fraction of sp³-hybridized carbons (Fsp3) is 0.286. The molecule has 3 aromatic carbocycles. The van der Waals surface area contributed by atoms with E-state index in [0.29, 0.717) is 12.8 Å². The number of carbonyl (C=O) groups excluding carboxylic acids is 2. The molecule has 190 valence electrons. The summed E-state index contributed by atoms with van der Waals surface area (Å²) < 4.78 is 33.1. The highest BCUT2D eigenvalue weighted by Crippen LogP contribution is 2.22. The number of carbonyl (C=O) groups is 2. The first kappa shape index (κ1) is 27.1. The molecule has 0 fully saturated rings. The van der Waals surface area contributed by atoms with Crippen LogP contribution in [0.3, 0.4) is 0 Å². The van der Waals surface area contributed by atoms with Crippen molar-refractivity contribution in [3.8, 4) is 11.1 Å². The van der Waals surface area contributed by atoms with Crippen LogP contribution in [-0.2, 0) is 37.2 Å². The van der Waals surface area contributed by atoms with Crippen LogP contribution in [0.1, 0.15) is 23.1 Å². The van der Waals surface area contributed by atoms with E-state index in [-0.39, 0.29) is 23.2 Å². The van der Waals surface area contributed by atoms with Gasteiger partial charge in [0, 0.05) is 20.5 Å². The van der Waals surface area contributed by atoms with Crippen molar-refractivity contribution in [1.29, 1.82) is 0 Å². The Kier molecular flexibility index (Phi) is 9.01. The van der Waals surface area contributed by atoms with E-state index >= 15 is 0 Å². The summed E-state index contributed by atoms with van der Waals surface area (Å²) in [5, 5.41) is 0. The quantitative estimate of drug-likeness (QED) is 0.421. The lowest BCUT2D eigenvalue weighted by Crippen LogP contribution is -2.47. The predicted molar refractivity (Wildman–Crippen MR) is 140 cm³/mol. The summed E-state index contributed by atoms with van der Waals surface area (Å²) in [5.41, 5.74) is 4.84. The van der Waals surface area contributed by atoms with Crippen LogP contribution in [-0.4, -0.2) is 52.4 Å². The van der Waals surface area contributed by atoms with Crippen molar-refractivity contribution >= 4 is 21.9 Å². The van der Waals surface area contributed by atoms with Crippen molar-refractivity contribution in [2.45, 2.75) is 37.1 Å². The molecule has 0 heterocycles. The molecule has 0 aliphatic rings. The van der Waals surface area contributed by atoms with Crippen LogP contribution in [0.2, 0.25) is 0 Å². The zero-order valence-electron chi connectivity index (χ0n) is 21.0. The Bertz CT molecular complexity index is 1280. The number of sulfonamides is 1. The Balaban J connectivity index is 1.73. The number of nitrogens with one attached hydrogen (secondary N) is 1. The highest BCUT2D eigenvalue weighted by atomic mass is 32.2. The molecular formula is C28H32N2O5S. The molecule has 1 amide bonds. The second kappa shape index (κ2) is 12.0. The Morgan fingerprint density at radius 1 is 0.861 bits per heavy atom. The number of hydrogen-bond acceptors (Lipinski definition) is 5. The van der Waals surface area contributed by atoms with Gasteiger partial charge in [0.2, 0.25) is 15.9 Å². The molecule has 0 aromatic heterocycles. The SMILES string of the molecule is COC(=O)CCc1ccc(-c2ccc(C[C@H](NS(=O)(=O)c3ccc(C)cc3)C(=O)N(C)C)cc2)cc1. The van der Waals surface area contributed by atoms with Crippen LogP contribution in [0.5, 0.6) is 0 Å². The summed E-state index contributed by atoms with van der Waals surface area (Å²) in [4.78, 5) is 25.7. The minimum absolute atomic E-state index is 0.120. The third-order valence-corrected chi connectivity index (χ3v) is 7.38. The highest BCUT2D eigenvalue weighted by Gasteiger charge is 2.27. The van der Waals surface area contributed by atoms with Gasteiger partial charge in [0.15, 0.2) is 0 Å². The topological polar surface area (TPSA) is 92.8 Å². The van der Waals surface area contributed by atoms with E-state index in [0.717, 1.165) is 27.8 Å². The van der Waals surface area contributed by atoms with Gasteiger partial charge in [0.05, 0.1) is 12.0 Å². The number of benzene rings is 3. The van der Waals surface area contributed by atoms with Gasteiger partial charge in [0.25, 0.3) is 0 Å². The number of aryl methyl sites for hydroxylation is 2. The van der Waals surface area contributed by atoms with Crippen LogP contribution in [0.25, 0.3) is 11.1 Å². The first-order valence-corrected chi connectivity index (χ1v) is 13.1. The molecule has 36 heavy (non-hydrogen) atoms. The maximum absolute atomic E-state index is 12.9. The van der Waals surface area contributed by atoms with Gasteiger partial charge in [-0.2, -0.15) is 4.72 Å². The number of esters is 1. The van der Waals surface area contributed by atoms with E-state index in [1.54, 1.807) is 26.2 Å². The summed E-state index contributed by atoms with van der Waals surface area (Å²) in [5.74, 6) is -0.556. The smallest absolute Gasteiger partial charge is 0.305 e. The van der Waals surface area contributed by atoms with E-state index in [1.807, 2.05) is 55.5 Å². The van der Waals surface area contributed by atoms with E-state index in [2.05, 4.69) is 9.46 Å². The zero-order chi connectivity index (χ0) is 26.3. The maximum Gasteiger partial charge on any atom is 0.305 e. The molecule has 0 unspecified atom stereocenters. The third-order valence-electron chi connectivity index (χ3n) is 5.89. The molecule has 0 spiro atoms. The average molecular weight is 509 g/mol. The molecule has 8 heteroatoms.